The van der Waals surface area contributed by atoms with Crippen molar-refractivity contribution in [2.24, 2.45) is 0 Å². The van der Waals surface area contributed by atoms with E-state index in [0.717, 1.165) is 44.5 Å². The van der Waals surface area contributed by atoms with Crippen LogP contribution in [-0.4, -0.2) is 28.3 Å². The lowest BCUT2D eigenvalue weighted by Gasteiger charge is -2.27. The minimum atomic E-state index is -0.0915. The second-order valence-corrected chi connectivity index (χ2v) is 6.64. The van der Waals surface area contributed by atoms with Crippen molar-refractivity contribution < 1.29 is 4.79 Å². The average Bonchev–Trinajstić information content (AvgIpc) is 3.20. The highest BCUT2D eigenvalue weighted by Crippen LogP contribution is 2.31. The van der Waals surface area contributed by atoms with E-state index in [4.69, 9.17) is 0 Å². The molecule has 1 saturated heterocycles. The van der Waals surface area contributed by atoms with Crippen molar-refractivity contribution in [2.75, 3.05) is 11.4 Å². The summed E-state index contributed by atoms with van der Waals surface area (Å²) in [6.07, 6.45) is 6.18. The van der Waals surface area contributed by atoms with Crippen LogP contribution in [0, 0.1) is 0 Å². The first-order valence-corrected chi connectivity index (χ1v) is 8.95. The third kappa shape index (κ3) is 2.63. The van der Waals surface area contributed by atoms with Crippen LogP contribution in [0.4, 0.5) is 5.69 Å². The highest BCUT2D eigenvalue weighted by Gasteiger charge is 2.35. The number of para-hydroxylation sites is 1. The smallest absolute Gasteiger partial charge is 0.244 e. The number of benzene rings is 1. The molecule has 2 aliphatic rings. The molecule has 1 aromatic heterocycles. The molecule has 24 heavy (non-hydrogen) atoms. The number of rotatable bonds is 4. The first kappa shape index (κ1) is 15.4. The maximum Gasteiger partial charge on any atom is 0.244 e. The number of hydrogen-bond donors (Lipinski definition) is 1. The molecule has 1 fully saturated rings. The zero-order chi connectivity index (χ0) is 16.5. The van der Waals surface area contributed by atoms with Gasteiger partial charge in [0.05, 0.1) is 12.2 Å². The summed E-state index contributed by atoms with van der Waals surface area (Å²) in [4.78, 5) is 14.7. The molecule has 0 bridgehead atoms. The van der Waals surface area contributed by atoms with Gasteiger partial charge in [-0.3, -0.25) is 14.8 Å². The zero-order valence-corrected chi connectivity index (χ0v) is 14.1. The third-order valence-electron chi connectivity index (χ3n) is 5.24. The van der Waals surface area contributed by atoms with Crippen LogP contribution in [0.5, 0.6) is 0 Å². The van der Waals surface area contributed by atoms with Gasteiger partial charge in [0, 0.05) is 36.1 Å². The van der Waals surface area contributed by atoms with E-state index in [-0.39, 0.29) is 18.0 Å². The molecular weight excluding hydrogens is 300 g/mol. The minimum Gasteiger partial charge on any atom is -0.311 e. The minimum absolute atomic E-state index is 0.0915. The summed E-state index contributed by atoms with van der Waals surface area (Å²) in [5, 5.41) is 8.12. The summed E-state index contributed by atoms with van der Waals surface area (Å²) in [5.74, 6) is 0.191. The second kappa shape index (κ2) is 6.40. The molecule has 1 aromatic carbocycles. The predicted molar refractivity (Wildman–Crippen MR) is 93.9 cm³/mol. The number of fused-ring (bicyclic) bond motifs is 1. The predicted octanol–water partition coefficient (Wildman–Crippen LogP) is 2.68. The molecule has 4 rings (SSSR count). The first-order valence-electron chi connectivity index (χ1n) is 8.95. The summed E-state index contributed by atoms with van der Waals surface area (Å²) >= 11 is 0. The number of aryl methyl sites for hydroxylation is 1. The molecule has 1 N–H and O–H groups in total. The van der Waals surface area contributed by atoms with Crippen molar-refractivity contribution in [3.63, 3.8) is 0 Å². The molecule has 0 saturated carbocycles. The molecule has 0 spiro atoms. The first-order chi connectivity index (χ1) is 11.8. The van der Waals surface area contributed by atoms with Crippen LogP contribution in [0.25, 0.3) is 0 Å². The third-order valence-corrected chi connectivity index (χ3v) is 5.24. The molecule has 0 unspecified atom stereocenters. The van der Waals surface area contributed by atoms with Crippen LogP contribution in [0.2, 0.25) is 0 Å². The van der Waals surface area contributed by atoms with E-state index in [1.807, 2.05) is 41.4 Å². The van der Waals surface area contributed by atoms with Crippen LogP contribution >= 0.6 is 0 Å². The van der Waals surface area contributed by atoms with Crippen LogP contribution in [0.1, 0.15) is 43.5 Å². The van der Waals surface area contributed by atoms with E-state index in [9.17, 15) is 4.79 Å². The summed E-state index contributed by atoms with van der Waals surface area (Å²) in [5.41, 5.74) is 3.62. The summed E-state index contributed by atoms with van der Waals surface area (Å²) in [7, 11) is 0. The fourth-order valence-corrected chi connectivity index (χ4v) is 4.01. The fourth-order valence-electron chi connectivity index (χ4n) is 4.01. The highest BCUT2D eigenvalue weighted by atomic mass is 16.2. The number of anilines is 1. The highest BCUT2D eigenvalue weighted by molar-refractivity contribution is 5.99. The quantitative estimate of drug-likeness (QED) is 0.941. The van der Waals surface area contributed by atoms with Crippen molar-refractivity contribution in [3.05, 3.63) is 47.8 Å². The van der Waals surface area contributed by atoms with Gasteiger partial charge in [-0.1, -0.05) is 18.2 Å². The Morgan fingerprint density at radius 3 is 2.83 bits per heavy atom. The van der Waals surface area contributed by atoms with Gasteiger partial charge in [0.1, 0.15) is 0 Å². The molecule has 5 nitrogen and oxygen atoms in total. The summed E-state index contributed by atoms with van der Waals surface area (Å²) in [6.45, 7) is 3.82. The molecule has 1 aliphatic heterocycles. The molecule has 1 amide bonds. The Kier molecular flexibility index (Phi) is 4.10. The molecular formula is C19H24N4O. The molecule has 1 aliphatic carbocycles. The van der Waals surface area contributed by atoms with Crippen molar-refractivity contribution >= 4 is 11.6 Å². The topological polar surface area (TPSA) is 50.2 Å². The largest absolute Gasteiger partial charge is 0.311 e. The standard InChI is InChI=1S/C19H24N4O/c1-2-23-18-10-6-9-16(15(18)13-20-23)21-17-11-12-22(19(17)24)14-7-4-3-5-8-14/h3-5,7-8,13,16-17,21H,2,6,9-12H2,1H3/t16-,17-/m1/s1. The maximum atomic E-state index is 12.8. The number of nitrogens with zero attached hydrogens (tertiary/aromatic N) is 3. The molecule has 5 heteroatoms. The van der Waals surface area contributed by atoms with Gasteiger partial charge in [-0.05, 0) is 44.7 Å². The lowest BCUT2D eigenvalue weighted by Crippen LogP contribution is -2.41. The van der Waals surface area contributed by atoms with E-state index in [2.05, 4.69) is 22.0 Å². The van der Waals surface area contributed by atoms with Gasteiger partial charge in [-0.15, -0.1) is 0 Å². The normalized spacial score (nSPS) is 23.5. The SMILES string of the molecule is CCn1ncc2c1CCC[C@H]2N[C@@H]1CCN(c2ccccc2)C1=O. The molecule has 2 atom stereocenters. The van der Waals surface area contributed by atoms with Crippen LogP contribution < -0.4 is 10.2 Å². The lowest BCUT2D eigenvalue weighted by molar-refractivity contribution is -0.119. The van der Waals surface area contributed by atoms with Crippen molar-refractivity contribution in [3.8, 4) is 0 Å². The number of hydrogen-bond acceptors (Lipinski definition) is 3. The fraction of sp³-hybridized carbons (Fsp3) is 0.474. The van der Waals surface area contributed by atoms with E-state index < -0.39 is 0 Å². The van der Waals surface area contributed by atoms with Gasteiger partial charge in [-0.2, -0.15) is 5.10 Å². The number of carbonyl (C=O) groups is 1. The average molecular weight is 324 g/mol. The van der Waals surface area contributed by atoms with Gasteiger partial charge in [-0.25, -0.2) is 0 Å². The van der Waals surface area contributed by atoms with Crippen LogP contribution in [0.3, 0.4) is 0 Å². The Morgan fingerprint density at radius 1 is 1.21 bits per heavy atom. The molecule has 126 valence electrons. The van der Waals surface area contributed by atoms with E-state index in [1.54, 1.807) is 0 Å². The van der Waals surface area contributed by atoms with Gasteiger partial charge >= 0.3 is 0 Å². The zero-order valence-electron chi connectivity index (χ0n) is 14.1. The Balaban J connectivity index is 1.49. The van der Waals surface area contributed by atoms with Crippen molar-refractivity contribution in [2.45, 2.75) is 51.2 Å². The Labute approximate surface area is 142 Å². The number of nitrogens with one attached hydrogen (secondary N) is 1. The molecule has 2 heterocycles. The van der Waals surface area contributed by atoms with Gasteiger partial charge < -0.3 is 4.90 Å². The number of amides is 1. The maximum absolute atomic E-state index is 12.8. The number of aromatic nitrogens is 2. The van der Waals surface area contributed by atoms with Crippen LogP contribution in [0.15, 0.2) is 36.5 Å². The van der Waals surface area contributed by atoms with Crippen LogP contribution in [-0.2, 0) is 17.8 Å². The Hall–Kier alpha value is -2.14. The Bertz CT molecular complexity index is 724. The molecule has 0 radical (unpaired) electrons. The molecule has 2 aromatic rings. The van der Waals surface area contributed by atoms with E-state index in [1.165, 1.54) is 11.3 Å². The summed E-state index contributed by atoms with van der Waals surface area (Å²) in [6, 6.07) is 10.1. The van der Waals surface area contributed by atoms with E-state index >= 15 is 0 Å². The van der Waals surface area contributed by atoms with Gasteiger partial charge in [0.15, 0.2) is 0 Å². The van der Waals surface area contributed by atoms with Gasteiger partial charge in [0.2, 0.25) is 5.91 Å². The Morgan fingerprint density at radius 2 is 2.04 bits per heavy atom. The second-order valence-electron chi connectivity index (χ2n) is 6.64. The summed E-state index contributed by atoms with van der Waals surface area (Å²) < 4.78 is 2.09. The monoisotopic (exact) mass is 324 g/mol. The number of carbonyl (C=O) groups excluding carboxylic acids is 1. The van der Waals surface area contributed by atoms with Crippen molar-refractivity contribution in [1.29, 1.82) is 0 Å². The van der Waals surface area contributed by atoms with Gasteiger partial charge in [0.25, 0.3) is 0 Å². The van der Waals surface area contributed by atoms with Crippen molar-refractivity contribution in [1.82, 2.24) is 15.1 Å². The lowest BCUT2D eigenvalue weighted by atomic mass is 9.92. The van der Waals surface area contributed by atoms with E-state index in [0.29, 0.717) is 0 Å².